The third-order valence-corrected chi connectivity index (χ3v) is 4.04. The van der Waals surface area contributed by atoms with Crippen LogP contribution in [0, 0.1) is 0 Å². The normalized spacial score (nSPS) is 12.3. The molecular formula is C9H5Cl3F3NO3S. The van der Waals surface area contributed by atoms with Crippen molar-refractivity contribution in [1.29, 1.82) is 0 Å². The summed E-state index contributed by atoms with van der Waals surface area (Å²) in [6.07, 6.45) is -4.62. The fraction of sp³-hybridized carbons (Fsp3) is 0.222. The third kappa shape index (κ3) is 4.69. The Kier molecular flexibility index (Phi) is 5.18. The molecule has 0 atom stereocenters. The molecule has 0 fully saturated rings. The van der Waals surface area contributed by atoms with Gasteiger partial charge in [0.25, 0.3) is 15.0 Å². The van der Waals surface area contributed by atoms with Gasteiger partial charge in [0.05, 0.1) is 10.6 Å². The van der Waals surface area contributed by atoms with Crippen LogP contribution in [-0.2, 0) is 9.05 Å². The third-order valence-electron chi connectivity index (χ3n) is 1.96. The first kappa shape index (κ1) is 17.4. The minimum atomic E-state index is -4.62. The van der Waals surface area contributed by atoms with E-state index in [1.165, 1.54) is 0 Å². The first-order valence-electron chi connectivity index (χ1n) is 4.70. The van der Waals surface area contributed by atoms with Gasteiger partial charge in [-0.2, -0.15) is 13.2 Å². The molecule has 1 N–H and O–H groups in total. The molecule has 11 heteroatoms. The molecule has 0 radical (unpaired) electrons. The van der Waals surface area contributed by atoms with Crippen LogP contribution in [0.15, 0.2) is 17.0 Å². The Hall–Kier alpha value is -0.700. The SMILES string of the molecule is O=C(NCC(F)(F)F)c1cc(Cl)cc(S(=O)(=O)Cl)c1Cl. The molecule has 1 rings (SSSR count). The predicted molar refractivity (Wildman–Crippen MR) is 67.9 cm³/mol. The van der Waals surface area contributed by atoms with Crippen LogP contribution in [0.3, 0.4) is 0 Å². The summed E-state index contributed by atoms with van der Waals surface area (Å²) in [5.41, 5.74) is -0.525. The van der Waals surface area contributed by atoms with Crippen LogP contribution in [0.4, 0.5) is 13.2 Å². The summed E-state index contributed by atoms with van der Waals surface area (Å²) < 4.78 is 58.4. The maximum atomic E-state index is 12.0. The smallest absolute Gasteiger partial charge is 0.343 e. The van der Waals surface area contributed by atoms with E-state index in [2.05, 4.69) is 0 Å². The van der Waals surface area contributed by atoms with E-state index in [9.17, 15) is 26.4 Å². The number of hydrogen-bond acceptors (Lipinski definition) is 3. The average molecular weight is 371 g/mol. The Morgan fingerprint density at radius 1 is 1.25 bits per heavy atom. The van der Waals surface area contributed by atoms with Gasteiger partial charge in [-0.1, -0.05) is 23.2 Å². The van der Waals surface area contributed by atoms with Crippen LogP contribution in [0.25, 0.3) is 0 Å². The lowest BCUT2D eigenvalue weighted by Gasteiger charge is -2.11. The molecule has 0 aliphatic carbocycles. The Labute approximate surface area is 126 Å². The number of hydrogen-bond donors (Lipinski definition) is 1. The Balaban J connectivity index is 3.20. The highest BCUT2D eigenvalue weighted by atomic mass is 35.7. The van der Waals surface area contributed by atoms with Crippen LogP contribution >= 0.6 is 33.9 Å². The monoisotopic (exact) mass is 369 g/mol. The largest absolute Gasteiger partial charge is 0.405 e. The Morgan fingerprint density at radius 3 is 2.25 bits per heavy atom. The summed E-state index contributed by atoms with van der Waals surface area (Å²) in [5, 5.41) is 0.716. The first-order valence-corrected chi connectivity index (χ1v) is 7.77. The number of nitrogens with one attached hydrogen (secondary N) is 1. The van der Waals surface area contributed by atoms with E-state index in [4.69, 9.17) is 33.9 Å². The standard InChI is InChI=1S/C9H5Cl3F3NO3S/c10-4-1-5(8(17)16-3-9(13,14)15)7(11)6(2-4)20(12,18)19/h1-2H,3H2,(H,16,17). The van der Waals surface area contributed by atoms with Crippen molar-refractivity contribution in [1.82, 2.24) is 5.32 Å². The summed E-state index contributed by atoms with van der Waals surface area (Å²) in [4.78, 5) is 10.9. The number of alkyl halides is 3. The highest BCUT2D eigenvalue weighted by Gasteiger charge is 2.29. The molecule has 1 aromatic carbocycles. The minimum absolute atomic E-state index is 0.217. The molecule has 0 aromatic heterocycles. The fourth-order valence-corrected chi connectivity index (χ4v) is 3.04. The number of carbonyl (C=O) groups excluding carboxylic acids is 1. The van der Waals surface area contributed by atoms with Gasteiger partial charge in [0, 0.05) is 15.7 Å². The zero-order valence-electron chi connectivity index (χ0n) is 9.26. The van der Waals surface area contributed by atoms with E-state index >= 15 is 0 Å². The molecule has 112 valence electrons. The van der Waals surface area contributed by atoms with Crippen molar-refractivity contribution in [2.24, 2.45) is 0 Å². The molecule has 20 heavy (non-hydrogen) atoms. The molecule has 1 amide bonds. The van der Waals surface area contributed by atoms with Gasteiger partial charge in [0.2, 0.25) is 0 Å². The summed E-state index contributed by atoms with van der Waals surface area (Å²) >= 11 is 11.2. The number of carbonyl (C=O) groups is 1. The van der Waals surface area contributed by atoms with Crippen molar-refractivity contribution < 1.29 is 26.4 Å². The molecule has 1 aromatic rings. The Bertz CT molecular complexity index is 646. The average Bonchev–Trinajstić information content (AvgIpc) is 2.26. The second kappa shape index (κ2) is 5.97. The van der Waals surface area contributed by atoms with E-state index in [-0.39, 0.29) is 5.02 Å². The van der Waals surface area contributed by atoms with Gasteiger partial charge in [-0.15, -0.1) is 0 Å². The van der Waals surface area contributed by atoms with Crippen LogP contribution in [-0.4, -0.2) is 27.0 Å². The molecule has 0 aliphatic heterocycles. The van der Waals surface area contributed by atoms with E-state index in [1.54, 1.807) is 5.32 Å². The van der Waals surface area contributed by atoms with Gasteiger partial charge in [-0.25, -0.2) is 8.42 Å². The van der Waals surface area contributed by atoms with Gasteiger partial charge in [0.1, 0.15) is 11.4 Å². The minimum Gasteiger partial charge on any atom is -0.343 e. The molecular weight excluding hydrogens is 366 g/mol. The van der Waals surface area contributed by atoms with Crippen molar-refractivity contribution in [2.45, 2.75) is 11.1 Å². The zero-order chi connectivity index (χ0) is 15.7. The molecule has 0 heterocycles. The second-order valence-corrected chi connectivity index (χ2v) is 6.85. The number of benzene rings is 1. The van der Waals surface area contributed by atoms with Crippen LogP contribution in [0.5, 0.6) is 0 Å². The summed E-state index contributed by atoms with van der Waals surface area (Å²) in [6, 6.07) is 1.81. The second-order valence-electron chi connectivity index (χ2n) is 3.50. The highest BCUT2D eigenvalue weighted by Crippen LogP contribution is 2.31. The molecule has 0 bridgehead atoms. The van der Waals surface area contributed by atoms with Gasteiger partial charge in [-0.3, -0.25) is 4.79 Å². The topological polar surface area (TPSA) is 63.2 Å². The van der Waals surface area contributed by atoms with Crippen LogP contribution in [0.2, 0.25) is 10.0 Å². The molecule has 4 nitrogen and oxygen atoms in total. The van der Waals surface area contributed by atoms with Gasteiger partial charge >= 0.3 is 6.18 Å². The van der Waals surface area contributed by atoms with Crippen LogP contribution < -0.4 is 5.32 Å². The molecule has 0 saturated heterocycles. The molecule has 0 spiro atoms. The molecule has 0 saturated carbocycles. The van der Waals surface area contributed by atoms with Crippen molar-refractivity contribution >= 4 is 48.8 Å². The van der Waals surface area contributed by atoms with Crippen LogP contribution in [0.1, 0.15) is 10.4 Å². The lowest BCUT2D eigenvalue weighted by molar-refractivity contribution is -0.123. The van der Waals surface area contributed by atoms with E-state index in [0.717, 1.165) is 12.1 Å². The van der Waals surface area contributed by atoms with Crippen molar-refractivity contribution in [3.05, 3.63) is 27.7 Å². The number of amides is 1. The summed E-state index contributed by atoms with van der Waals surface area (Å²) in [6.45, 7) is -1.60. The lowest BCUT2D eigenvalue weighted by Crippen LogP contribution is -2.34. The maximum Gasteiger partial charge on any atom is 0.405 e. The maximum absolute atomic E-state index is 12.0. The Morgan fingerprint density at radius 2 is 1.80 bits per heavy atom. The lowest BCUT2D eigenvalue weighted by atomic mass is 10.2. The van der Waals surface area contributed by atoms with Gasteiger partial charge in [-0.05, 0) is 12.1 Å². The van der Waals surface area contributed by atoms with E-state index in [1.807, 2.05) is 0 Å². The van der Waals surface area contributed by atoms with Gasteiger partial charge in [0.15, 0.2) is 0 Å². The quantitative estimate of drug-likeness (QED) is 0.831. The fourth-order valence-electron chi connectivity index (χ4n) is 1.18. The number of halogens is 6. The van der Waals surface area contributed by atoms with Crippen molar-refractivity contribution in [3.8, 4) is 0 Å². The van der Waals surface area contributed by atoms with E-state index in [0.29, 0.717) is 0 Å². The van der Waals surface area contributed by atoms with Gasteiger partial charge < -0.3 is 5.32 Å². The first-order chi connectivity index (χ1) is 8.92. The van der Waals surface area contributed by atoms with Crippen molar-refractivity contribution in [2.75, 3.05) is 6.54 Å². The van der Waals surface area contributed by atoms with Crippen molar-refractivity contribution in [3.63, 3.8) is 0 Å². The number of rotatable bonds is 3. The highest BCUT2D eigenvalue weighted by molar-refractivity contribution is 8.13. The molecule has 0 unspecified atom stereocenters. The predicted octanol–water partition coefficient (Wildman–Crippen LogP) is 3.21. The molecule has 0 aliphatic rings. The van der Waals surface area contributed by atoms with E-state index < -0.39 is 43.2 Å². The summed E-state index contributed by atoms with van der Waals surface area (Å²) in [7, 11) is 0.778. The summed E-state index contributed by atoms with van der Waals surface area (Å²) in [5.74, 6) is -1.23. The zero-order valence-corrected chi connectivity index (χ0v) is 12.3.